The van der Waals surface area contributed by atoms with E-state index in [4.69, 9.17) is 16.6 Å². The Labute approximate surface area is 125 Å². The fourth-order valence-corrected chi connectivity index (χ4v) is 2.87. The summed E-state index contributed by atoms with van der Waals surface area (Å²) in [5.41, 5.74) is 3.61. The number of pyridine rings is 1. The van der Waals surface area contributed by atoms with Crippen LogP contribution in [0.15, 0.2) is 42.5 Å². The highest BCUT2D eigenvalue weighted by Gasteiger charge is 2.16. The van der Waals surface area contributed by atoms with Crippen molar-refractivity contribution in [3.8, 4) is 0 Å². The Balaban J connectivity index is 1.75. The molecule has 104 valence electrons. The van der Waals surface area contributed by atoms with Crippen molar-refractivity contribution in [3.63, 3.8) is 0 Å². The van der Waals surface area contributed by atoms with E-state index in [1.54, 1.807) is 0 Å². The van der Waals surface area contributed by atoms with Crippen molar-refractivity contribution in [1.29, 1.82) is 0 Å². The van der Waals surface area contributed by atoms with Gasteiger partial charge in [0.1, 0.15) is 0 Å². The van der Waals surface area contributed by atoms with E-state index in [9.17, 15) is 0 Å². The quantitative estimate of drug-likeness (QED) is 0.928. The third kappa shape index (κ3) is 3.38. The molecule has 0 amide bonds. The summed E-state index contributed by atoms with van der Waals surface area (Å²) in [7, 11) is 0. The molecule has 1 aromatic heterocycles. The Morgan fingerprint density at radius 3 is 2.75 bits per heavy atom. The standard InChI is InChI=1S/C17H19ClN2/c18-15-8-6-13(7-9-15)11-16-4-1-5-17(20-16)14-3-2-10-19-12-14/h1,4-9,14,19H,2-3,10-12H2/t14-/m1/s1. The van der Waals surface area contributed by atoms with E-state index in [2.05, 4.69) is 35.6 Å². The molecular weight excluding hydrogens is 268 g/mol. The van der Waals surface area contributed by atoms with Crippen LogP contribution < -0.4 is 5.32 Å². The average molecular weight is 287 g/mol. The van der Waals surface area contributed by atoms with E-state index >= 15 is 0 Å². The molecule has 20 heavy (non-hydrogen) atoms. The third-order valence-corrected chi connectivity index (χ3v) is 4.09. The second-order valence-electron chi connectivity index (χ2n) is 5.40. The van der Waals surface area contributed by atoms with Crippen molar-refractivity contribution in [2.75, 3.05) is 13.1 Å². The number of benzene rings is 1. The second kappa shape index (κ2) is 6.38. The minimum atomic E-state index is 0.564. The van der Waals surface area contributed by atoms with Crippen LogP contribution >= 0.6 is 11.6 Å². The van der Waals surface area contributed by atoms with Crippen LogP contribution in [0.1, 0.15) is 35.7 Å². The van der Waals surface area contributed by atoms with E-state index in [-0.39, 0.29) is 0 Å². The summed E-state index contributed by atoms with van der Waals surface area (Å²) >= 11 is 5.92. The molecule has 3 rings (SSSR count). The lowest BCUT2D eigenvalue weighted by Crippen LogP contribution is -2.28. The number of halogens is 1. The summed E-state index contributed by atoms with van der Waals surface area (Å²) in [6.07, 6.45) is 3.35. The maximum Gasteiger partial charge on any atom is 0.0450 e. The van der Waals surface area contributed by atoms with Crippen LogP contribution in [0.25, 0.3) is 0 Å². The first-order chi connectivity index (χ1) is 9.81. The fourth-order valence-electron chi connectivity index (χ4n) is 2.74. The van der Waals surface area contributed by atoms with Crippen LogP contribution in [-0.2, 0) is 6.42 Å². The largest absolute Gasteiger partial charge is 0.316 e. The monoisotopic (exact) mass is 286 g/mol. The maximum atomic E-state index is 5.92. The van der Waals surface area contributed by atoms with Gasteiger partial charge >= 0.3 is 0 Å². The Morgan fingerprint density at radius 2 is 2.00 bits per heavy atom. The lowest BCUT2D eigenvalue weighted by Gasteiger charge is -2.22. The first-order valence-corrected chi connectivity index (χ1v) is 7.60. The minimum absolute atomic E-state index is 0.564. The van der Waals surface area contributed by atoms with Crippen molar-refractivity contribution in [3.05, 3.63) is 64.4 Å². The molecule has 3 heteroatoms. The molecule has 2 aromatic rings. The van der Waals surface area contributed by atoms with Crippen LogP contribution in [0, 0.1) is 0 Å². The van der Waals surface area contributed by atoms with Crippen LogP contribution in [0.4, 0.5) is 0 Å². The summed E-state index contributed by atoms with van der Waals surface area (Å²) in [6, 6.07) is 14.4. The predicted molar refractivity (Wildman–Crippen MR) is 83.3 cm³/mol. The van der Waals surface area contributed by atoms with Gasteiger partial charge < -0.3 is 5.32 Å². The van der Waals surface area contributed by atoms with E-state index in [1.165, 1.54) is 24.1 Å². The minimum Gasteiger partial charge on any atom is -0.316 e. The van der Waals surface area contributed by atoms with Gasteiger partial charge in [-0.15, -0.1) is 0 Å². The van der Waals surface area contributed by atoms with Crippen molar-refractivity contribution in [2.24, 2.45) is 0 Å². The number of nitrogens with zero attached hydrogens (tertiary/aromatic N) is 1. The van der Waals surface area contributed by atoms with Crippen molar-refractivity contribution in [2.45, 2.75) is 25.2 Å². The maximum absolute atomic E-state index is 5.92. The molecule has 0 aliphatic carbocycles. The van der Waals surface area contributed by atoms with Crippen LogP contribution in [0.2, 0.25) is 5.02 Å². The molecule has 0 unspecified atom stereocenters. The van der Waals surface area contributed by atoms with Crippen LogP contribution in [-0.4, -0.2) is 18.1 Å². The van der Waals surface area contributed by atoms with E-state index in [0.29, 0.717) is 5.92 Å². The number of hydrogen-bond acceptors (Lipinski definition) is 2. The molecule has 2 heterocycles. The van der Waals surface area contributed by atoms with Crippen LogP contribution in [0.3, 0.4) is 0 Å². The van der Waals surface area contributed by atoms with Gasteiger partial charge in [-0.1, -0.05) is 29.8 Å². The molecule has 1 N–H and O–H groups in total. The molecule has 1 fully saturated rings. The van der Waals surface area contributed by atoms with Crippen molar-refractivity contribution in [1.82, 2.24) is 10.3 Å². The molecule has 1 atom stereocenters. The van der Waals surface area contributed by atoms with Gasteiger partial charge in [0, 0.05) is 35.3 Å². The van der Waals surface area contributed by atoms with Gasteiger partial charge in [0.2, 0.25) is 0 Å². The Bertz CT molecular complexity index is 559. The molecule has 0 spiro atoms. The molecule has 1 saturated heterocycles. The molecule has 2 nitrogen and oxygen atoms in total. The fraction of sp³-hybridized carbons (Fsp3) is 0.353. The van der Waals surface area contributed by atoms with Crippen LogP contribution in [0.5, 0.6) is 0 Å². The lowest BCUT2D eigenvalue weighted by molar-refractivity contribution is 0.454. The Kier molecular flexibility index (Phi) is 4.34. The molecule has 0 radical (unpaired) electrons. The molecular formula is C17H19ClN2. The first kappa shape index (κ1) is 13.6. The normalized spacial score (nSPS) is 18.9. The summed E-state index contributed by atoms with van der Waals surface area (Å²) in [5.74, 6) is 0.564. The number of piperidine rings is 1. The van der Waals surface area contributed by atoms with Gasteiger partial charge in [0.05, 0.1) is 0 Å². The Morgan fingerprint density at radius 1 is 1.15 bits per heavy atom. The van der Waals surface area contributed by atoms with Crippen molar-refractivity contribution >= 4 is 11.6 Å². The van der Waals surface area contributed by atoms with Gasteiger partial charge in [0.25, 0.3) is 0 Å². The summed E-state index contributed by atoms with van der Waals surface area (Å²) in [4.78, 5) is 4.84. The average Bonchev–Trinajstić information content (AvgIpc) is 2.51. The second-order valence-corrected chi connectivity index (χ2v) is 5.84. The van der Waals surface area contributed by atoms with Gasteiger partial charge in [0.15, 0.2) is 0 Å². The van der Waals surface area contributed by atoms with E-state index in [0.717, 1.165) is 30.2 Å². The smallest absolute Gasteiger partial charge is 0.0450 e. The summed E-state index contributed by atoms with van der Waals surface area (Å²) in [6.45, 7) is 2.19. The van der Waals surface area contributed by atoms with E-state index < -0.39 is 0 Å². The Hall–Kier alpha value is -1.38. The molecule has 1 aromatic carbocycles. The zero-order valence-electron chi connectivity index (χ0n) is 11.5. The molecule has 0 saturated carbocycles. The molecule has 0 bridgehead atoms. The zero-order chi connectivity index (χ0) is 13.8. The first-order valence-electron chi connectivity index (χ1n) is 7.22. The summed E-state index contributed by atoms with van der Waals surface area (Å²) in [5, 5.41) is 4.24. The topological polar surface area (TPSA) is 24.9 Å². The summed E-state index contributed by atoms with van der Waals surface area (Å²) < 4.78 is 0. The zero-order valence-corrected chi connectivity index (χ0v) is 12.2. The molecule has 1 aliphatic rings. The molecule has 1 aliphatic heterocycles. The third-order valence-electron chi connectivity index (χ3n) is 3.84. The van der Waals surface area contributed by atoms with Gasteiger partial charge in [-0.25, -0.2) is 0 Å². The van der Waals surface area contributed by atoms with Gasteiger partial charge in [-0.2, -0.15) is 0 Å². The number of hydrogen-bond donors (Lipinski definition) is 1. The van der Waals surface area contributed by atoms with Gasteiger partial charge in [-0.3, -0.25) is 4.98 Å². The highest BCUT2D eigenvalue weighted by molar-refractivity contribution is 6.30. The highest BCUT2D eigenvalue weighted by Crippen LogP contribution is 2.22. The lowest BCUT2D eigenvalue weighted by atomic mass is 9.95. The van der Waals surface area contributed by atoms with E-state index in [1.807, 2.05) is 12.1 Å². The van der Waals surface area contributed by atoms with Gasteiger partial charge in [-0.05, 0) is 49.2 Å². The number of nitrogens with one attached hydrogen (secondary N) is 1. The SMILES string of the molecule is Clc1ccc(Cc2cccc([C@@H]3CCCNC3)n2)cc1. The van der Waals surface area contributed by atoms with Crippen molar-refractivity contribution < 1.29 is 0 Å². The number of rotatable bonds is 3. The number of aromatic nitrogens is 1. The predicted octanol–water partition coefficient (Wildman–Crippen LogP) is 3.79. The highest BCUT2D eigenvalue weighted by atomic mass is 35.5.